The Morgan fingerprint density at radius 3 is 2.45 bits per heavy atom. The van der Waals surface area contributed by atoms with Crippen molar-refractivity contribution >= 4 is 17.4 Å². The molecule has 0 radical (unpaired) electrons. The van der Waals surface area contributed by atoms with Gasteiger partial charge in [0.1, 0.15) is 5.69 Å². The molecular weight excluding hydrogens is 404 g/mol. The monoisotopic (exact) mass is 425 g/mol. The van der Waals surface area contributed by atoms with Crippen LogP contribution in [0.5, 0.6) is 0 Å². The average Bonchev–Trinajstić information content (AvgIpc) is 3.25. The fraction of sp³-hybridized carbons (Fsp3) is 0.286. The zero-order chi connectivity index (χ0) is 22.3. The van der Waals surface area contributed by atoms with E-state index in [1.165, 1.54) is 11.6 Å². The van der Waals surface area contributed by atoms with E-state index in [1.54, 1.807) is 18.5 Å². The lowest BCUT2D eigenvalue weighted by atomic mass is 10.1. The fourth-order valence-corrected chi connectivity index (χ4v) is 3.33. The number of rotatable bonds is 5. The van der Waals surface area contributed by atoms with Gasteiger partial charge in [0, 0.05) is 5.69 Å². The molecule has 8 nitrogen and oxygen atoms in total. The molecule has 0 aliphatic heterocycles. The number of halogens is 2. The highest BCUT2D eigenvalue weighted by molar-refractivity contribution is 6.02. The van der Waals surface area contributed by atoms with Crippen molar-refractivity contribution in [1.29, 1.82) is 0 Å². The molecule has 0 saturated carbocycles. The van der Waals surface area contributed by atoms with Gasteiger partial charge in [-0.1, -0.05) is 29.8 Å². The van der Waals surface area contributed by atoms with Gasteiger partial charge in [0.05, 0.1) is 23.6 Å². The van der Waals surface area contributed by atoms with Crippen molar-refractivity contribution in [1.82, 2.24) is 29.4 Å². The molecule has 160 valence electrons. The molecular formula is C21H21F2N7O. The quantitative estimate of drug-likeness (QED) is 0.525. The van der Waals surface area contributed by atoms with Crippen LogP contribution in [-0.2, 0) is 6.54 Å². The standard InChI is InChI=1S/C21H21F2N7O/c1-11-5-7-15(8-6-11)10-29-14(4)17(13(3)27-29)25-20(31)19-26-21-24-12(2)9-16(18(22)23)30(21)28-19/h5-9,18H,10H2,1-4H3,(H,25,31). The second-order valence-corrected chi connectivity index (χ2v) is 7.41. The number of hydrogen-bond donors (Lipinski definition) is 1. The minimum absolute atomic E-state index is 0.0519. The van der Waals surface area contributed by atoms with Crippen LogP contribution in [0.3, 0.4) is 0 Å². The summed E-state index contributed by atoms with van der Waals surface area (Å²) in [5.41, 5.74) is 4.18. The lowest BCUT2D eigenvalue weighted by Gasteiger charge is -2.06. The Balaban J connectivity index is 1.61. The van der Waals surface area contributed by atoms with Crippen molar-refractivity contribution in [3.63, 3.8) is 0 Å². The number of aryl methyl sites for hydroxylation is 3. The van der Waals surface area contributed by atoms with E-state index >= 15 is 0 Å². The molecule has 4 aromatic rings. The molecule has 0 atom stereocenters. The number of benzene rings is 1. The Hall–Kier alpha value is -3.69. The molecule has 1 amide bonds. The van der Waals surface area contributed by atoms with Crippen LogP contribution >= 0.6 is 0 Å². The number of hydrogen-bond acceptors (Lipinski definition) is 5. The second-order valence-electron chi connectivity index (χ2n) is 7.41. The third kappa shape index (κ3) is 4.00. The highest BCUT2D eigenvalue weighted by Gasteiger charge is 2.22. The van der Waals surface area contributed by atoms with E-state index in [4.69, 9.17) is 0 Å². The topological polar surface area (TPSA) is 90.0 Å². The Kier molecular flexibility index (Phi) is 5.22. The van der Waals surface area contributed by atoms with Crippen LogP contribution in [-0.4, -0.2) is 35.3 Å². The number of carbonyl (C=O) groups is 1. The summed E-state index contributed by atoms with van der Waals surface area (Å²) in [5, 5.41) is 11.2. The SMILES string of the molecule is Cc1ccc(Cn2nc(C)c(NC(=O)c3nc4nc(C)cc(C(F)F)n4n3)c2C)cc1. The summed E-state index contributed by atoms with van der Waals surface area (Å²) in [5.74, 6) is -0.918. The van der Waals surface area contributed by atoms with Crippen LogP contribution in [0.15, 0.2) is 30.3 Å². The second kappa shape index (κ2) is 7.86. The molecule has 3 aromatic heterocycles. The average molecular weight is 425 g/mol. The Morgan fingerprint density at radius 1 is 1.06 bits per heavy atom. The van der Waals surface area contributed by atoms with Crippen LogP contribution in [0.4, 0.5) is 14.5 Å². The first-order valence-electron chi connectivity index (χ1n) is 9.66. The van der Waals surface area contributed by atoms with Gasteiger partial charge in [-0.05, 0) is 39.3 Å². The van der Waals surface area contributed by atoms with Gasteiger partial charge in [0.15, 0.2) is 0 Å². The number of aromatic nitrogens is 6. The molecule has 3 heterocycles. The highest BCUT2D eigenvalue weighted by atomic mass is 19.3. The van der Waals surface area contributed by atoms with Crippen LogP contribution in [0.2, 0.25) is 0 Å². The number of carbonyl (C=O) groups excluding carboxylic acids is 1. The normalized spacial score (nSPS) is 11.5. The zero-order valence-electron chi connectivity index (χ0n) is 17.5. The first-order chi connectivity index (χ1) is 14.7. The molecule has 0 aliphatic carbocycles. The first kappa shape index (κ1) is 20.6. The maximum absolute atomic E-state index is 13.3. The highest BCUT2D eigenvalue weighted by Crippen LogP contribution is 2.22. The predicted molar refractivity (Wildman–Crippen MR) is 110 cm³/mol. The maximum atomic E-state index is 13.3. The summed E-state index contributed by atoms with van der Waals surface area (Å²) in [7, 11) is 0. The number of anilines is 1. The first-order valence-corrected chi connectivity index (χ1v) is 9.66. The zero-order valence-corrected chi connectivity index (χ0v) is 17.5. The summed E-state index contributed by atoms with van der Waals surface area (Å²) in [6, 6.07) is 9.34. The largest absolute Gasteiger partial charge is 0.316 e. The molecule has 31 heavy (non-hydrogen) atoms. The molecule has 0 unspecified atom stereocenters. The van der Waals surface area contributed by atoms with Gasteiger partial charge in [0.2, 0.25) is 5.82 Å². The van der Waals surface area contributed by atoms with Crippen molar-refractivity contribution in [3.8, 4) is 0 Å². The molecule has 0 aliphatic rings. The van der Waals surface area contributed by atoms with Crippen LogP contribution in [0.25, 0.3) is 5.78 Å². The summed E-state index contributed by atoms with van der Waals surface area (Å²) >= 11 is 0. The maximum Gasteiger partial charge on any atom is 0.295 e. The Bertz CT molecular complexity index is 1280. The number of nitrogens with one attached hydrogen (secondary N) is 1. The molecule has 0 bridgehead atoms. The van der Waals surface area contributed by atoms with E-state index in [2.05, 4.69) is 25.5 Å². The lowest BCUT2D eigenvalue weighted by molar-refractivity contribution is 0.101. The van der Waals surface area contributed by atoms with E-state index in [1.807, 2.05) is 38.1 Å². The summed E-state index contributed by atoms with van der Waals surface area (Å²) in [6.45, 7) is 7.78. The van der Waals surface area contributed by atoms with Crippen molar-refractivity contribution < 1.29 is 13.6 Å². The third-order valence-electron chi connectivity index (χ3n) is 4.97. The molecule has 1 aromatic carbocycles. The molecule has 0 spiro atoms. The van der Waals surface area contributed by atoms with Gasteiger partial charge in [-0.25, -0.2) is 13.8 Å². The van der Waals surface area contributed by atoms with Crippen molar-refractivity contribution in [2.24, 2.45) is 0 Å². The van der Waals surface area contributed by atoms with Gasteiger partial charge in [-0.3, -0.25) is 9.48 Å². The molecule has 0 saturated heterocycles. The van der Waals surface area contributed by atoms with Gasteiger partial charge < -0.3 is 5.32 Å². The van der Waals surface area contributed by atoms with Gasteiger partial charge in [-0.15, -0.1) is 5.10 Å². The van der Waals surface area contributed by atoms with Crippen LogP contribution < -0.4 is 5.32 Å². The third-order valence-corrected chi connectivity index (χ3v) is 4.97. The van der Waals surface area contributed by atoms with Gasteiger partial charge >= 0.3 is 0 Å². The Morgan fingerprint density at radius 2 is 1.77 bits per heavy atom. The minimum Gasteiger partial charge on any atom is -0.316 e. The number of amides is 1. The van der Waals surface area contributed by atoms with E-state index in [9.17, 15) is 13.6 Å². The van der Waals surface area contributed by atoms with Gasteiger partial charge in [0.25, 0.3) is 18.1 Å². The smallest absolute Gasteiger partial charge is 0.295 e. The van der Waals surface area contributed by atoms with Crippen molar-refractivity contribution in [3.05, 3.63) is 70.1 Å². The van der Waals surface area contributed by atoms with Crippen LogP contribution in [0.1, 0.15) is 50.9 Å². The minimum atomic E-state index is -2.77. The number of nitrogens with zero attached hydrogens (tertiary/aromatic N) is 6. The summed E-state index contributed by atoms with van der Waals surface area (Å²) < 4.78 is 29.3. The molecule has 1 N–H and O–H groups in total. The van der Waals surface area contributed by atoms with E-state index in [-0.39, 0.29) is 17.3 Å². The van der Waals surface area contributed by atoms with E-state index < -0.39 is 12.3 Å². The lowest BCUT2D eigenvalue weighted by Crippen LogP contribution is -2.15. The summed E-state index contributed by atoms with van der Waals surface area (Å²) in [4.78, 5) is 20.9. The number of alkyl halides is 2. The Labute approximate surface area is 176 Å². The van der Waals surface area contributed by atoms with E-state index in [0.29, 0.717) is 23.6 Å². The predicted octanol–water partition coefficient (Wildman–Crippen LogP) is 3.79. The van der Waals surface area contributed by atoms with Crippen molar-refractivity contribution in [2.45, 2.75) is 40.7 Å². The fourth-order valence-electron chi connectivity index (χ4n) is 3.33. The van der Waals surface area contributed by atoms with Gasteiger partial charge in [-0.2, -0.15) is 14.6 Å². The molecule has 4 rings (SSSR count). The van der Waals surface area contributed by atoms with E-state index in [0.717, 1.165) is 15.8 Å². The molecule has 10 heteroatoms. The number of fused-ring (bicyclic) bond motifs is 1. The summed E-state index contributed by atoms with van der Waals surface area (Å²) in [6.07, 6.45) is -2.77. The molecule has 0 fully saturated rings. The van der Waals surface area contributed by atoms with Crippen LogP contribution in [0, 0.1) is 27.7 Å². The van der Waals surface area contributed by atoms with Crippen molar-refractivity contribution in [2.75, 3.05) is 5.32 Å².